The van der Waals surface area contributed by atoms with Gasteiger partial charge in [0.1, 0.15) is 0 Å². The zero-order chi connectivity index (χ0) is 22.9. The SMILES string of the molecule is CC1=CCC[C@H]2[C@](C)(CC3=CC(=O)C=C(NCCc4ccccc4)C3=O)[C@@H](C)CC[C@]12C. The van der Waals surface area contributed by atoms with Crippen LogP contribution in [0.3, 0.4) is 0 Å². The molecule has 4 atom stereocenters. The first-order valence-corrected chi connectivity index (χ1v) is 12.2. The number of allylic oxidation sites excluding steroid dienone is 5. The number of benzene rings is 1. The largest absolute Gasteiger partial charge is 0.381 e. The lowest BCUT2D eigenvalue weighted by atomic mass is 9.46. The predicted molar refractivity (Wildman–Crippen MR) is 130 cm³/mol. The highest BCUT2D eigenvalue weighted by Gasteiger charge is 2.53. The third kappa shape index (κ3) is 4.14. The second-order valence-corrected chi connectivity index (χ2v) is 10.7. The molecule has 3 heteroatoms. The summed E-state index contributed by atoms with van der Waals surface area (Å²) in [6.07, 6.45) is 11.7. The topological polar surface area (TPSA) is 46.2 Å². The lowest BCUT2D eigenvalue weighted by molar-refractivity contribution is -0.116. The minimum Gasteiger partial charge on any atom is -0.381 e. The second-order valence-electron chi connectivity index (χ2n) is 10.7. The van der Waals surface area contributed by atoms with Crippen LogP contribution in [0, 0.1) is 22.7 Å². The monoisotopic (exact) mass is 431 g/mol. The van der Waals surface area contributed by atoms with E-state index < -0.39 is 0 Å². The standard InChI is InChI=1S/C29H37NO2/c1-20-9-8-12-26-28(20,3)15-13-21(2)29(26,4)19-23-17-24(31)18-25(27(23)32)30-16-14-22-10-6-5-7-11-22/h5-7,9-11,17-18,21,26,30H,8,12-16,19H2,1-4H3/t21-,26+,28+,29+/m0/s1. The van der Waals surface area contributed by atoms with E-state index >= 15 is 0 Å². The van der Waals surface area contributed by atoms with Crippen molar-refractivity contribution >= 4 is 11.6 Å². The van der Waals surface area contributed by atoms with Crippen LogP contribution in [0.1, 0.15) is 65.4 Å². The Balaban J connectivity index is 1.50. The van der Waals surface area contributed by atoms with E-state index in [1.54, 1.807) is 6.08 Å². The Morgan fingerprint density at radius 3 is 2.56 bits per heavy atom. The molecule has 170 valence electrons. The highest BCUT2D eigenvalue weighted by atomic mass is 16.1. The van der Waals surface area contributed by atoms with E-state index in [-0.39, 0.29) is 22.4 Å². The molecule has 1 fully saturated rings. The zero-order valence-corrected chi connectivity index (χ0v) is 20.0. The predicted octanol–water partition coefficient (Wildman–Crippen LogP) is 5.97. The molecule has 0 aromatic heterocycles. The van der Waals surface area contributed by atoms with Crippen molar-refractivity contribution in [1.29, 1.82) is 0 Å². The Hall–Kier alpha value is -2.42. The van der Waals surface area contributed by atoms with Crippen molar-refractivity contribution < 1.29 is 9.59 Å². The number of rotatable bonds is 6. The summed E-state index contributed by atoms with van der Waals surface area (Å²) < 4.78 is 0. The molecule has 0 amide bonds. The van der Waals surface area contributed by atoms with E-state index in [4.69, 9.17) is 0 Å². The Morgan fingerprint density at radius 2 is 1.81 bits per heavy atom. The fourth-order valence-corrected chi connectivity index (χ4v) is 6.53. The Bertz CT molecular complexity index is 986. The molecule has 1 saturated carbocycles. The van der Waals surface area contributed by atoms with E-state index in [1.165, 1.54) is 36.5 Å². The van der Waals surface area contributed by atoms with Crippen molar-refractivity contribution in [1.82, 2.24) is 5.32 Å². The molecule has 3 nitrogen and oxygen atoms in total. The van der Waals surface area contributed by atoms with Crippen LogP contribution in [0.5, 0.6) is 0 Å². The molecule has 0 aliphatic heterocycles. The van der Waals surface area contributed by atoms with Crippen molar-refractivity contribution in [3.05, 3.63) is 71.0 Å². The van der Waals surface area contributed by atoms with Gasteiger partial charge in [-0.3, -0.25) is 9.59 Å². The molecule has 0 heterocycles. The third-order valence-electron chi connectivity index (χ3n) is 8.88. The van der Waals surface area contributed by atoms with Gasteiger partial charge in [-0.1, -0.05) is 62.8 Å². The molecule has 32 heavy (non-hydrogen) atoms. The van der Waals surface area contributed by atoms with Crippen LogP contribution in [0.15, 0.2) is 65.4 Å². The number of hydrogen-bond acceptors (Lipinski definition) is 3. The molecule has 4 rings (SSSR count). The summed E-state index contributed by atoms with van der Waals surface area (Å²) in [5, 5.41) is 3.25. The quantitative estimate of drug-likeness (QED) is 0.446. The average Bonchev–Trinajstić information content (AvgIpc) is 2.77. The second kappa shape index (κ2) is 8.84. The molecule has 1 aromatic carbocycles. The van der Waals surface area contributed by atoms with E-state index in [1.807, 2.05) is 18.2 Å². The van der Waals surface area contributed by atoms with Gasteiger partial charge >= 0.3 is 0 Å². The molecule has 0 spiro atoms. The van der Waals surface area contributed by atoms with E-state index in [0.29, 0.717) is 36.1 Å². The minimum absolute atomic E-state index is 0.00133. The lowest BCUT2D eigenvalue weighted by Gasteiger charge is -2.58. The molecule has 1 N–H and O–H groups in total. The fourth-order valence-electron chi connectivity index (χ4n) is 6.53. The van der Waals surface area contributed by atoms with Gasteiger partial charge in [0.2, 0.25) is 5.78 Å². The number of carbonyl (C=O) groups excluding carboxylic acids is 2. The number of carbonyl (C=O) groups is 2. The van der Waals surface area contributed by atoms with Gasteiger partial charge in [-0.05, 0) is 79.8 Å². The van der Waals surface area contributed by atoms with Crippen molar-refractivity contribution in [2.24, 2.45) is 22.7 Å². The molecular weight excluding hydrogens is 394 g/mol. The van der Waals surface area contributed by atoms with E-state index in [0.717, 1.165) is 12.8 Å². The highest BCUT2D eigenvalue weighted by molar-refractivity contribution is 6.20. The zero-order valence-electron chi connectivity index (χ0n) is 20.0. The van der Waals surface area contributed by atoms with Crippen LogP contribution in [0.4, 0.5) is 0 Å². The number of fused-ring (bicyclic) bond motifs is 1. The molecule has 0 unspecified atom stereocenters. The molecule has 0 bridgehead atoms. The van der Waals surface area contributed by atoms with E-state index in [9.17, 15) is 9.59 Å². The van der Waals surface area contributed by atoms with Gasteiger partial charge in [0, 0.05) is 18.2 Å². The van der Waals surface area contributed by atoms with Crippen LogP contribution in [0.25, 0.3) is 0 Å². The molecule has 3 aliphatic rings. The molecular formula is C29H37NO2. The number of Topliss-reactive ketones (excluding diaryl/α,β-unsaturated/α-hetero) is 1. The van der Waals surface area contributed by atoms with Crippen molar-refractivity contribution in [2.75, 3.05) is 6.54 Å². The number of nitrogens with one attached hydrogen (secondary N) is 1. The van der Waals surface area contributed by atoms with Crippen LogP contribution < -0.4 is 5.32 Å². The first-order valence-electron chi connectivity index (χ1n) is 12.2. The van der Waals surface area contributed by atoms with Crippen molar-refractivity contribution in [2.45, 2.75) is 66.2 Å². The van der Waals surface area contributed by atoms with Gasteiger partial charge in [-0.25, -0.2) is 0 Å². The minimum atomic E-state index is -0.0728. The summed E-state index contributed by atoms with van der Waals surface area (Å²) >= 11 is 0. The fraction of sp³-hybridized carbons (Fsp3) is 0.517. The Morgan fingerprint density at radius 1 is 1.06 bits per heavy atom. The van der Waals surface area contributed by atoms with Crippen LogP contribution in [0.2, 0.25) is 0 Å². The van der Waals surface area contributed by atoms with Crippen molar-refractivity contribution in [3.63, 3.8) is 0 Å². The normalized spacial score (nSPS) is 32.6. The summed E-state index contributed by atoms with van der Waals surface area (Å²) in [6.45, 7) is 10.1. The van der Waals surface area contributed by atoms with Gasteiger partial charge in [0.15, 0.2) is 5.78 Å². The molecule has 0 radical (unpaired) electrons. The molecule has 0 saturated heterocycles. The van der Waals surface area contributed by atoms with Gasteiger partial charge in [-0.2, -0.15) is 0 Å². The number of hydrogen-bond donors (Lipinski definition) is 1. The maximum atomic E-state index is 13.4. The third-order valence-corrected chi connectivity index (χ3v) is 8.88. The number of ketones is 2. The summed E-state index contributed by atoms with van der Waals surface area (Å²) in [5.41, 5.74) is 4.08. The van der Waals surface area contributed by atoms with Crippen LogP contribution in [-0.2, 0) is 16.0 Å². The average molecular weight is 432 g/mol. The Labute approximate surface area is 193 Å². The smallest absolute Gasteiger partial charge is 0.205 e. The first-order chi connectivity index (χ1) is 15.2. The maximum Gasteiger partial charge on any atom is 0.205 e. The van der Waals surface area contributed by atoms with E-state index in [2.05, 4.69) is 51.2 Å². The summed E-state index contributed by atoms with van der Waals surface area (Å²) in [4.78, 5) is 25.9. The molecule has 3 aliphatic carbocycles. The van der Waals surface area contributed by atoms with Crippen LogP contribution >= 0.6 is 0 Å². The van der Waals surface area contributed by atoms with Crippen LogP contribution in [-0.4, -0.2) is 18.1 Å². The molecule has 1 aromatic rings. The maximum absolute atomic E-state index is 13.4. The van der Waals surface area contributed by atoms with Gasteiger partial charge in [0.25, 0.3) is 0 Å². The Kier molecular flexibility index (Phi) is 6.29. The van der Waals surface area contributed by atoms with Crippen molar-refractivity contribution in [3.8, 4) is 0 Å². The van der Waals surface area contributed by atoms with Gasteiger partial charge < -0.3 is 5.32 Å². The lowest BCUT2D eigenvalue weighted by Crippen LogP contribution is -2.50. The first kappa shape index (κ1) is 22.8. The highest BCUT2D eigenvalue weighted by Crippen LogP contribution is 2.62. The summed E-state index contributed by atoms with van der Waals surface area (Å²) in [6, 6.07) is 10.2. The van der Waals surface area contributed by atoms with Gasteiger partial charge in [0.05, 0.1) is 5.70 Å². The summed E-state index contributed by atoms with van der Waals surface area (Å²) in [5.74, 6) is 0.987. The van der Waals surface area contributed by atoms with Gasteiger partial charge in [-0.15, -0.1) is 0 Å². The summed E-state index contributed by atoms with van der Waals surface area (Å²) in [7, 11) is 0.